The van der Waals surface area contributed by atoms with Gasteiger partial charge in [-0.2, -0.15) is 0 Å². The van der Waals surface area contributed by atoms with Crippen molar-refractivity contribution in [3.63, 3.8) is 0 Å². The molecule has 0 amide bonds. The fraction of sp³-hybridized carbons (Fsp3) is 0.600. The summed E-state index contributed by atoms with van der Waals surface area (Å²) in [6, 6.07) is 4.96. The van der Waals surface area contributed by atoms with Crippen LogP contribution in [0.25, 0.3) is 0 Å². The van der Waals surface area contributed by atoms with Crippen molar-refractivity contribution in [2.75, 3.05) is 0 Å². The molecule has 68 valence electrons. The second-order valence-electron chi connectivity index (χ2n) is 3.51. The molecule has 2 nitrogen and oxygen atoms in total. The number of hydrogen-bond acceptors (Lipinski definition) is 2. The Morgan fingerprint density at radius 1 is 1.42 bits per heavy atom. The van der Waals surface area contributed by atoms with Crippen molar-refractivity contribution in [2.45, 2.75) is 39.3 Å². The molecule has 0 spiro atoms. The average Bonchev–Trinajstić information content (AvgIpc) is 2.37. The SMILES string of the molecule is CC(C)NC(C)Cc1ccco1. The summed E-state index contributed by atoms with van der Waals surface area (Å²) in [5.41, 5.74) is 0. The van der Waals surface area contributed by atoms with Crippen molar-refractivity contribution in [3.8, 4) is 0 Å². The molecular weight excluding hydrogens is 150 g/mol. The topological polar surface area (TPSA) is 25.2 Å². The van der Waals surface area contributed by atoms with E-state index < -0.39 is 0 Å². The highest BCUT2D eigenvalue weighted by Gasteiger charge is 2.05. The summed E-state index contributed by atoms with van der Waals surface area (Å²) in [6.45, 7) is 6.47. The van der Waals surface area contributed by atoms with Crippen molar-refractivity contribution < 1.29 is 4.42 Å². The van der Waals surface area contributed by atoms with E-state index in [0.717, 1.165) is 12.2 Å². The van der Waals surface area contributed by atoms with Crippen LogP contribution in [0.1, 0.15) is 26.5 Å². The first kappa shape index (κ1) is 9.33. The smallest absolute Gasteiger partial charge is 0.105 e. The van der Waals surface area contributed by atoms with Crippen molar-refractivity contribution in [1.82, 2.24) is 5.32 Å². The van der Waals surface area contributed by atoms with Crippen LogP contribution in [0.2, 0.25) is 0 Å². The lowest BCUT2D eigenvalue weighted by Crippen LogP contribution is -2.33. The van der Waals surface area contributed by atoms with Crippen molar-refractivity contribution >= 4 is 0 Å². The van der Waals surface area contributed by atoms with E-state index in [1.807, 2.05) is 12.1 Å². The zero-order chi connectivity index (χ0) is 8.97. The van der Waals surface area contributed by atoms with Crippen LogP contribution in [0.5, 0.6) is 0 Å². The molecule has 0 radical (unpaired) electrons. The number of nitrogens with one attached hydrogen (secondary N) is 1. The van der Waals surface area contributed by atoms with E-state index in [0.29, 0.717) is 12.1 Å². The van der Waals surface area contributed by atoms with Gasteiger partial charge in [-0.3, -0.25) is 0 Å². The molecule has 1 rings (SSSR count). The maximum atomic E-state index is 5.25. The lowest BCUT2D eigenvalue weighted by molar-refractivity contribution is 0.434. The van der Waals surface area contributed by atoms with E-state index in [9.17, 15) is 0 Å². The normalized spacial score (nSPS) is 13.7. The summed E-state index contributed by atoms with van der Waals surface area (Å²) in [5, 5.41) is 3.42. The Kier molecular flexibility index (Phi) is 3.35. The van der Waals surface area contributed by atoms with E-state index >= 15 is 0 Å². The number of hydrogen-bond donors (Lipinski definition) is 1. The standard InChI is InChI=1S/C10H17NO/c1-8(2)11-9(3)7-10-5-4-6-12-10/h4-6,8-9,11H,7H2,1-3H3. The third kappa shape index (κ3) is 3.09. The minimum absolute atomic E-state index is 0.483. The zero-order valence-corrected chi connectivity index (χ0v) is 8.00. The van der Waals surface area contributed by atoms with Gasteiger partial charge in [0, 0.05) is 18.5 Å². The highest BCUT2D eigenvalue weighted by molar-refractivity contribution is 4.99. The minimum atomic E-state index is 0.483. The molecule has 0 aliphatic heterocycles. The van der Waals surface area contributed by atoms with Gasteiger partial charge in [0.15, 0.2) is 0 Å². The van der Waals surface area contributed by atoms with E-state index in [1.54, 1.807) is 6.26 Å². The van der Waals surface area contributed by atoms with Gasteiger partial charge in [-0.05, 0) is 19.1 Å². The summed E-state index contributed by atoms with van der Waals surface area (Å²) < 4.78 is 5.25. The van der Waals surface area contributed by atoms with Crippen LogP contribution in [0.15, 0.2) is 22.8 Å². The molecule has 1 aromatic heterocycles. The lowest BCUT2D eigenvalue weighted by atomic mass is 10.2. The second-order valence-corrected chi connectivity index (χ2v) is 3.51. The van der Waals surface area contributed by atoms with E-state index in [1.165, 1.54) is 0 Å². The summed E-state index contributed by atoms with van der Waals surface area (Å²) >= 11 is 0. The molecule has 0 fully saturated rings. The Bertz CT molecular complexity index is 204. The van der Waals surface area contributed by atoms with Crippen molar-refractivity contribution in [3.05, 3.63) is 24.2 Å². The predicted molar refractivity (Wildman–Crippen MR) is 50.1 cm³/mol. The third-order valence-corrected chi connectivity index (χ3v) is 1.71. The van der Waals surface area contributed by atoms with Gasteiger partial charge in [-0.15, -0.1) is 0 Å². The summed E-state index contributed by atoms with van der Waals surface area (Å²) in [6.07, 6.45) is 2.68. The van der Waals surface area contributed by atoms with Gasteiger partial charge in [0.1, 0.15) is 5.76 Å². The number of rotatable bonds is 4. The van der Waals surface area contributed by atoms with Gasteiger partial charge in [0.25, 0.3) is 0 Å². The predicted octanol–water partition coefficient (Wildman–Crippen LogP) is 2.21. The molecule has 1 N–H and O–H groups in total. The van der Waals surface area contributed by atoms with E-state index in [-0.39, 0.29) is 0 Å². The van der Waals surface area contributed by atoms with Crippen LogP contribution >= 0.6 is 0 Å². The van der Waals surface area contributed by atoms with Crippen LogP contribution in [0.3, 0.4) is 0 Å². The fourth-order valence-corrected chi connectivity index (χ4v) is 1.36. The van der Waals surface area contributed by atoms with Crippen LogP contribution in [0.4, 0.5) is 0 Å². The monoisotopic (exact) mass is 167 g/mol. The molecule has 12 heavy (non-hydrogen) atoms. The van der Waals surface area contributed by atoms with Crippen LogP contribution in [-0.4, -0.2) is 12.1 Å². The van der Waals surface area contributed by atoms with Gasteiger partial charge in [-0.1, -0.05) is 13.8 Å². The third-order valence-electron chi connectivity index (χ3n) is 1.71. The molecule has 1 heterocycles. The van der Waals surface area contributed by atoms with Gasteiger partial charge < -0.3 is 9.73 Å². The quantitative estimate of drug-likeness (QED) is 0.743. The Labute approximate surface area is 74.0 Å². The first-order valence-corrected chi connectivity index (χ1v) is 4.47. The molecule has 1 aromatic rings. The largest absolute Gasteiger partial charge is 0.469 e. The fourth-order valence-electron chi connectivity index (χ4n) is 1.36. The van der Waals surface area contributed by atoms with Gasteiger partial charge >= 0.3 is 0 Å². The minimum Gasteiger partial charge on any atom is -0.469 e. The lowest BCUT2D eigenvalue weighted by Gasteiger charge is -2.15. The van der Waals surface area contributed by atoms with Crippen LogP contribution < -0.4 is 5.32 Å². The summed E-state index contributed by atoms with van der Waals surface area (Å²) in [7, 11) is 0. The van der Waals surface area contributed by atoms with E-state index in [2.05, 4.69) is 26.1 Å². The zero-order valence-electron chi connectivity index (χ0n) is 8.00. The molecule has 0 bridgehead atoms. The Balaban J connectivity index is 2.32. The second kappa shape index (κ2) is 4.31. The first-order valence-electron chi connectivity index (χ1n) is 4.47. The molecule has 0 aliphatic rings. The molecule has 1 atom stereocenters. The van der Waals surface area contributed by atoms with Crippen molar-refractivity contribution in [1.29, 1.82) is 0 Å². The maximum Gasteiger partial charge on any atom is 0.105 e. The first-order chi connectivity index (χ1) is 5.68. The summed E-state index contributed by atoms with van der Waals surface area (Å²) in [4.78, 5) is 0. The van der Waals surface area contributed by atoms with Gasteiger partial charge in [-0.25, -0.2) is 0 Å². The Morgan fingerprint density at radius 2 is 2.17 bits per heavy atom. The molecule has 0 aromatic carbocycles. The highest BCUT2D eigenvalue weighted by Crippen LogP contribution is 2.03. The molecule has 0 saturated heterocycles. The average molecular weight is 167 g/mol. The highest BCUT2D eigenvalue weighted by atomic mass is 16.3. The molecular formula is C10H17NO. The Hall–Kier alpha value is -0.760. The number of furan rings is 1. The molecule has 2 heteroatoms. The van der Waals surface area contributed by atoms with E-state index in [4.69, 9.17) is 4.42 Å². The van der Waals surface area contributed by atoms with Gasteiger partial charge in [0.2, 0.25) is 0 Å². The van der Waals surface area contributed by atoms with Crippen LogP contribution in [0, 0.1) is 0 Å². The summed E-state index contributed by atoms with van der Waals surface area (Å²) in [5.74, 6) is 1.05. The molecule has 0 saturated carbocycles. The Morgan fingerprint density at radius 3 is 2.67 bits per heavy atom. The van der Waals surface area contributed by atoms with Gasteiger partial charge in [0.05, 0.1) is 6.26 Å². The van der Waals surface area contributed by atoms with Crippen molar-refractivity contribution in [2.24, 2.45) is 0 Å². The maximum absolute atomic E-state index is 5.25. The molecule has 0 aliphatic carbocycles. The molecule has 1 unspecified atom stereocenters. The van der Waals surface area contributed by atoms with Crippen LogP contribution in [-0.2, 0) is 6.42 Å².